The van der Waals surface area contributed by atoms with Gasteiger partial charge in [-0.25, -0.2) is 0 Å². The second-order valence-electron chi connectivity index (χ2n) is 10.1. The zero-order valence-electron chi connectivity index (χ0n) is 20.6. The Balaban J connectivity index is 1.69. The summed E-state index contributed by atoms with van der Waals surface area (Å²) in [5.74, 6) is 0.802. The fourth-order valence-electron chi connectivity index (χ4n) is 5.13. The summed E-state index contributed by atoms with van der Waals surface area (Å²) >= 11 is 10.3. The number of allylic oxidation sites excluding steroid dienone is 1. The molecule has 0 fully saturated rings. The molecule has 8 heteroatoms. The van der Waals surface area contributed by atoms with Crippen molar-refractivity contribution in [3.05, 3.63) is 87.0 Å². The number of ether oxygens (including phenoxy) is 1. The van der Waals surface area contributed by atoms with Crippen molar-refractivity contribution in [3.63, 3.8) is 0 Å². The molecule has 0 spiro atoms. The number of para-hydroxylation sites is 2. The summed E-state index contributed by atoms with van der Waals surface area (Å²) in [4.78, 5) is 28.4. The predicted molar refractivity (Wildman–Crippen MR) is 148 cm³/mol. The SMILES string of the molecule is CC(=O)N1c2cccc(O)c2NC2=C(C(=O)CC(C)(C)C2)C1c1ccc(Oc2ccccc2Br)cc1Cl. The van der Waals surface area contributed by atoms with Gasteiger partial charge in [0.25, 0.3) is 0 Å². The largest absolute Gasteiger partial charge is 0.506 e. The van der Waals surface area contributed by atoms with Crippen LogP contribution in [0.15, 0.2) is 76.4 Å². The first kappa shape index (κ1) is 25.4. The maximum Gasteiger partial charge on any atom is 0.224 e. The first-order valence-electron chi connectivity index (χ1n) is 11.9. The molecule has 0 saturated carbocycles. The molecule has 2 aliphatic rings. The lowest BCUT2D eigenvalue weighted by Gasteiger charge is -2.37. The van der Waals surface area contributed by atoms with Crippen LogP contribution in [0.5, 0.6) is 17.2 Å². The van der Waals surface area contributed by atoms with Crippen LogP contribution < -0.4 is 15.0 Å². The molecule has 6 nitrogen and oxygen atoms in total. The normalized spacial score (nSPS) is 18.5. The fraction of sp³-hybridized carbons (Fsp3) is 0.241. The van der Waals surface area contributed by atoms with Gasteiger partial charge in [0.2, 0.25) is 5.91 Å². The molecule has 1 atom stereocenters. The van der Waals surface area contributed by atoms with Gasteiger partial charge in [0.15, 0.2) is 5.78 Å². The number of amides is 1. The summed E-state index contributed by atoms with van der Waals surface area (Å²) in [6, 6.07) is 16.9. The highest BCUT2D eigenvalue weighted by atomic mass is 79.9. The highest BCUT2D eigenvalue weighted by Crippen LogP contribution is 2.51. The zero-order valence-corrected chi connectivity index (χ0v) is 23.0. The van der Waals surface area contributed by atoms with Gasteiger partial charge in [-0.15, -0.1) is 0 Å². The Morgan fingerprint density at radius 3 is 2.59 bits per heavy atom. The van der Waals surface area contributed by atoms with Gasteiger partial charge >= 0.3 is 0 Å². The van der Waals surface area contributed by atoms with Crippen LogP contribution in [-0.4, -0.2) is 16.8 Å². The molecule has 0 aromatic heterocycles. The Labute approximate surface area is 229 Å². The number of anilines is 2. The topological polar surface area (TPSA) is 78.9 Å². The first-order valence-corrected chi connectivity index (χ1v) is 13.1. The predicted octanol–water partition coefficient (Wildman–Crippen LogP) is 7.76. The molecule has 3 aromatic carbocycles. The standard InChI is InChI=1S/C29H26BrClN2O4/c1-16(34)33-22-8-6-9-23(35)27(22)32-21-14-29(2,3)15-24(36)26(21)28(33)18-12-11-17(13-20(18)31)37-25-10-5-4-7-19(25)30/h4-13,28,32,35H,14-15H2,1-3H3. The molecule has 3 aromatic rings. The summed E-state index contributed by atoms with van der Waals surface area (Å²) in [7, 11) is 0. The Kier molecular flexibility index (Phi) is 6.54. The summed E-state index contributed by atoms with van der Waals surface area (Å²) in [6.07, 6.45) is 0.907. The van der Waals surface area contributed by atoms with Crippen LogP contribution in [-0.2, 0) is 9.59 Å². The number of fused-ring (bicyclic) bond motifs is 1. The third-order valence-corrected chi connectivity index (χ3v) is 7.66. The third kappa shape index (κ3) is 4.74. The number of halogens is 2. The molecule has 1 amide bonds. The van der Waals surface area contributed by atoms with Gasteiger partial charge in [-0.2, -0.15) is 0 Å². The molecule has 0 saturated heterocycles. The number of phenols is 1. The zero-order chi connectivity index (χ0) is 26.5. The van der Waals surface area contributed by atoms with E-state index in [1.165, 1.54) is 11.8 Å². The van der Waals surface area contributed by atoms with Crippen molar-refractivity contribution in [1.82, 2.24) is 0 Å². The number of benzene rings is 3. The van der Waals surface area contributed by atoms with Crippen LogP contribution >= 0.6 is 27.5 Å². The molecule has 0 radical (unpaired) electrons. The Hall–Kier alpha value is -3.29. The van der Waals surface area contributed by atoms with Gasteiger partial charge < -0.3 is 15.2 Å². The van der Waals surface area contributed by atoms with E-state index in [4.69, 9.17) is 16.3 Å². The highest BCUT2D eigenvalue weighted by molar-refractivity contribution is 9.10. The van der Waals surface area contributed by atoms with Crippen molar-refractivity contribution in [2.75, 3.05) is 10.2 Å². The lowest BCUT2D eigenvalue weighted by atomic mass is 9.73. The molecule has 37 heavy (non-hydrogen) atoms. The van der Waals surface area contributed by atoms with E-state index < -0.39 is 6.04 Å². The van der Waals surface area contributed by atoms with Crippen LogP contribution in [0.4, 0.5) is 11.4 Å². The maximum atomic E-state index is 13.7. The van der Waals surface area contributed by atoms with Crippen LogP contribution in [0.2, 0.25) is 5.02 Å². The third-order valence-electron chi connectivity index (χ3n) is 6.68. The van der Waals surface area contributed by atoms with Crippen LogP contribution in [0.3, 0.4) is 0 Å². The Morgan fingerprint density at radius 1 is 1.14 bits per heavy atom. The number of hydrogen-bond donors (Lipinski definition) is 2. The summed E-state index contributed by atoms with van der Waals surface area (Å²) in [6.45, 7) is 5.51. The fourth-order valence-corrected chi connectivity index (χ4v) is 5.77. The van der Waals surface area contributed by atoms with E-state index in [-0.39, 0.29) is 22.9 Å². The second kappa shape index (κ2) is 9.54. The molecule has 1 heterocycles. The van der Waals surface area contributed by atoms with E-state index in [1.54, 1.807) is 36.4 Å². The Morgan fingerprint density at radius 2 is 1.89 bits per heavy atom. The molecule has 1 unspecified atom stereocenters. The van der Waals surface area contributed by atoms with Gasteiger partial charge in [0.05, 0.1) is 16.2 Å². The first-order chi connectivity index (χ1) is 17.6. The van der Waals surface area contributed by atoms with Gasteiger partial charge in [0.1, 0.15) is 22.9 Å². The van der Waals surface area contributed by atoms with Crippen molar-refractivity contribution in [2.45, 2.75) is 39.7 Å². The van der Waals surface area contributed by atoms with Gasteiger partial charge in [-0.3, -0.25) is 14.5 Å². The minimum atomic E-state index is -0.781. The van der Waals surface area contributed by atoms with Crippen molar-refractivity contribution in [3.8, 4) is 17.2 Å². The molecular formula is C29H26BrClN2O4. The van der Waals surface area contributed by atoms with Gasteiger partial charge in [0, 0.05) is 29.6 Å². The van der Waals surface area contributed by atoms with Crippen molar-refractivity contribution in [1.29, 1.82) is 0 Å². The van der Waals surface area contributed by atoms with E-state index in [1.807, 2.05) is 38.1 Å². The molecule has 2 N–H and O–H groups in total. The van der Waals surface area contributed by atoms with Gasteiger partial charge in [-0.05, 0) is 69.7 Å². The smallest absolute Gasteiger partial charge is 0.224 e. The summed E-state index contributed by atoms with van der Waals surface area (Å²) < 4.78 is 6.82. The van der Waals surface area contributed by atoms with E-state index >= 15 is 0 Å². The number of rotatable bonds is 3. The molecular weight excluding hydrogens is 556 g/mol. The average Bonchev–Trinajstić information content (AvgIpc) is 2.95. The van der Waals surface area contributed by atoms with Crippen molar-refractivity contribution in [2.24, 2.45) is 5.41 Å². The molecule has 190 valence electrons. The molecule has 5 rings (SSSR count). The quantitative estimate of drug-likeness (QED) is 0.309. The van der Waals surface area contributed by atoms with E-state index in [0.717, 1.165) is 4.47 Å². The van der Waals surface area contributed by atoms with E-state index in [0.29, 0.717) is 57.6 Å². The summed E-state index contributed by atoms with van der Waals surface area (Å²) in [5.41, 5.74) is 2.34. The van der Waals surface area contributed by atoms with Crippen molar-refractivity contribution >= 4 is 50.6 Å². The maximum absolute atomic E-state index is 13.7. The Bertz CT molecular complexity index is 1470. The lowest BCUT2D eigenvalue weighted by molar-refractivity contribution is -0.118. The number of phenolic OH excluding ortho intramolecular Hbond substituents is 1. The number of aromatic hydroxyl groups is 1. The summed E-state index contributed by atoms with van der Waals surface area (Å²) in [5, 5.41) is 14.4. The van der Waals surface area contributed by atoms with E-state index in [2.05, 4.69) is 21.2 Å². The number of Topliss-reactive ketones (excluding diaryl/α,β-unsaturated/α-hetero) is 1. The van der Waals surface area contributed by atoms with Crippen LogP contribution in [0, 0.1) is 5.41 Å². The number of nitrogens with zero attached hydrogens (tertiary/aromatic N) is 1. The number of ketones is 1. The number of hydrogen-bond acceptors (Lipinski definition) is 5. The molecule has 1 aliphatic heterocycles. The van der Waals surface area contributed by atoms with Crippen LogP contribution in [0.25, 0.3) is 0 Å². The monoisotopic (exact) mass is 580 g/mol. The minimum Gasteiger partial charge on any atom is -0.506 e. The van der Waals surface area contributed by atoms with E-state index in [9.17, 15) is 14.7 Å². The molecule has 1 aliphatic carbocycles. The average molecular weight is 582 g/mol. The van der Waals surface area contributed by atoms with Gasteiger partial charge in [-0.1, -0.05) is 49.7 Å². The van der Waals surface area contributed by atoms with Crippen molar-refractivity contribution < 1.29 is 19.4 Å². The van der Waals surface area contributed by atoms with Crippen LogP contribution in [0.1, 0.15) is 45.2 Å². The lowest BCUT2D eigenvalue weighted by Crippen LogP contribution is -2.38. The second-order valence-corrected chi connectivity index (χ2v) is 11.4. The number of nitrogens with one attached hydrogen (secondary N) is 1. The minimum absolute atomic E-state index is 0.00429. The highest BCUT2D eigenvalue weighted by Gasteiger charge is 2.43. The number of carbonyl (C=O) groups excluding carboxylic acids is 2. The number of carbonyl (C=O) groups is 2. The molecule has 0 bridgehead atoms.